The van der Waals surface area contributed by atoms with E-state index in [2.05, 4.69) is 41.2 Å². The molecule has 8 heteroatoms. The van der Waals surface area contributed by atoms with Crippen LogP contribution in [0.4, 0.5) is 11.9 Å². The number of halogens is 1. The lowest BCUT2D eigenvalue weighted by atomic mass is 10.2. The van der Waals surface area contributed by atoms with Gasteiger partial charge in [-0.1, -0.05) is 34.1 Å². The number of nitrogen functional groups attached to an aromatic ring is 1. The van der Waals surface area contributed by atoms with Gasteiger partial charge < -0.3 is 11.1 Å². The average molecular weight is 346 g/mol. The largest absolute Gasteiger partial charge is 0.368 e. The summed E-state index contributed by atoms with van der Waals surface area (Å²) < 4.78 is 2.69. The van der Waals surface area contributed by atoms with Crippen molar-refractivity contribution in [3.05, 3.63) is 53.0 Å². The van der Waals surface area contributed by atoms with Gasteiger partial charge in [0.25, 0.3) is 0 Å². The van der Waals surface area contributed by atoms with Crippen LogP contribution >= 0.6 is 15.9 Å². The average Bonchev–Trinajstić information content (AvgIpc) is 3.00. The third-order valence-corrected chi connectivity index (χ3v) is 3.54. The van der Waals surface area contributed by atoms with Crippen molar-refractivity contribution in [1.29, 1.82) is 0 Å². The highest BCUT2D eigenvalue weighted by atomic mass is 79.9. The van der Waals surface area contributed by atoms with E-state index >= 15 is 0 Å². The summed E-state index contributed by atoms with van der Waals surface area (Å²) in [7, 11) is 0. The molecule has 3 rings (SSSR count). The SMILES string of the molecule is Nc1nc(NCc2ccccc2Br)nc(-n2ccnc2)n1. The molecule has 3 N–H and O–H groups in total. The molecule has 0 saturated carbocycles. The molecule has 1 aromatic carbocycles. The lowest BCUT2D eigenvalue weighted by molar-refractivity contribution is 0.895. The maximum absolute atomic E-state index is 5.72. The second-order valence-corrected chi connectivity index (χ2v) is 5.09. The quantitative estimate of drug-likeness (QED) is 0.751. The molecular weight excluding hydrogens is 334 g/mol. The van der Waals surface area contributed by atoms with Crippen LogP contribution in [0.15, 0.2) is 47.5 Å². The summed E-state index contributed by atoms with van der Waals surface area (Å²) >= 11 is 3.50. The lowest BCUT2D eigenvalue weighted by Gasteiger charge is -2.08. The molecular formula is C13H12BrN7. The van der Waals surface area contributed by atoms with Gasteiger partial charge in [0.05, 0.1) is 0 Å². The number of hydrogen-bond acceptors (Lipinski definition) is 6. The highest BCUT2D eigenvalue weighted by Gasteiger charge is 2.06. The molecule has 0 amide bonds. The summed E-state index contributed by atoms with van der Waals surface area (Å²) in [6, 6.07) is 7.93. The van der Waals surface area contributed by atoms with E-state index in [4.69, 9.17) is 5.73 Å². The Morgan fingerprint density at radius 1 is 1.19 bits per heavy atom. The van der Waals surface area contributed by atoms with Gasteiger partial charge in [-0.25, -0.2) is 4.98 Å². The van der Waals surface area contributed by atoms with E-state index in [0.717, 1.165) is 10.0 Å². The third kappa shape index (κ3) is 3.16. The van der Waals surface area contributed by atoms with E-state index < -0.39 is 0 Å². The van der Waals surface area contributed by atoms with Crippen LogP contribution in [0.25, 0.3) is 5.95 Å². The summed E-state index contributed by atoms with van der Waals surface area (Å²) in [5, 5.41) is 3.14. The van der Waals surface area contributed by atoms with E-state index in [-0.39, 0.29) is 5.95 Å². The molecule has 106 valence electrons. The van der Waals surface area contributed by atoms with Crippen molar-refractivity contribution in [1.82, 2.24) is 24.5 Å². The molecule has 21 heavy (non-hydrogen) atoms. The number of aromatic nitrogens is 5. The molecule has 2 aromatic heterocycles. The molecule has 2 heterocycles. The molecule has 3 aromatic rings. The first-order chi connectivity index (χ1) is 10.2. The summed E-state index contributed by atoms with van der Waals surface area (Å²) in [5.74, 6) is 1.000. The lowest BCUT2D eigenvalue weighted by Crippen LogP contribution is -2.10. The van der Waals surface area contributed by atoms with Crippen molar-refractivity contribution in [2.24, 2.45) is 0 Å². The number of nitrogens with two attached hydrogens (primary N) is 1. The Hall–Kier alpha value is -2.48. The molecule has 0 atom stereocenters. The Kier molecular flexibility index (Phi) is 3.78. The van der Waals surface area contributed by atoms with Gasteiger partial charge in [-0.15, -0.1) is 0 Å². The molecule has 0 saturated heterocycles. The van der Waals surface area contributed by atoms with Crippen molar-refractivity contribution in [2.45, 2.75) is 6.54 Å². The zero-order valence-corrected chi connectivity index (χ0v) is 12.5. The van der Waals surface area contributed by atoms with Gasteiger partial charge in [0.2, 0.25) is 17.8 Å². The second-order valence-electron chi connectivity index (χ2n) is 4.23. The molecule has 0 fully saturated rings. The number of benzene rings is 1. The Labute approximate surface area is 129 Å². The number of rotatable bonds is 4. The standard InChI is InChI=1S/C13H12BrN7/c14-10-4-2-1-3-9(10)7-17-12-18-11(15)19-13(20-12)21-6-5-16-8-21/h1-6,8H,7H2,(H3,15,17,18,19,20). The van der Waals surface area contributed by atoms with Crippen LogP contribution in [0.1, 0.15) is 5.56 Å². The van der Waals surface area contributed by atoms with Crippen LogP contribution in [0.3, 0.4) is 0 Å². The molecule has 0 aliphatic heterocycles. The minimum atomic E-state index is 0.156. The third-order valence-electron chi connectivity index (χ3n) is 2.77. The highest BCUT2D eigenvalue weighted by Crippen LogP contribution is 2.17. The number of anilines is 2. The van der Waals surface area contributed by atoms with Crippen LogP contribution in [0.5, 0.6) is 0 Å². The van der Waals surface area contributed by atoms with E-state index in [1.807, 2.05) is 24.3 Å². The zero-order chi connectivity index (χ0) is 14.7. The van der Waals surface area contributed by atoms with Crippen molar-refractivity contribution < 1.29 is 0 Å². The molecule has 0 unspecified atom stereocenters. The maximum atomic E-state index is 5.72. The number of hydrogen-bond donors (Lipinski definition) is 2. The zero-order valence-electron chi connectivity index (χ0n) is 10.9. The summed E-state index contributed by atoms with van der Waals surface area (Å²) in [5.41, 5.74) is 6.82. The predicted octanol–water partition coefficient (Wildman–Crippen LogP) is 2.01. The first-order valence-corrected chi connectivity index (χ1v) is 6.99. The van der Waals surface area contributed by atoms with Crippen molar-refractivity contribution in [3.63, 3.8) is 0 Å². The van der Waals surface area contributed by atoms with Crippen molar-refractivity contribution >= 4 is 27.8 Å². The smallest absolute Gasteiger partial charge is 0.241 e. The van der Waals surface area contributed by atoms with E-state index in [1.54, 1.807) is 23.3 Å². The fourth-order valence-corrected chi connectivity index (χ4v) is 2.19. The molecule has 0 bridgehead atoms. The Bertz CT molecular complexity index is 742. The maximum Gasteiger partial charge on any atom is 0.241 e. The summed E-state index contributed by atoms with van der Waals surface area (Å²) in [6.45, 7) is 0.578. The number of nitrogens with zero attached hydrogens (tertiary/aromatic N) is 5. The van der Waals surface area contributed by atoms with Crippen molar-refractivity contribution in [2.75, 3.05) is 11.1 Å². The number of imidazole rings is 1. The Morgan fingerprint density at radius 2 is 2.05 bits per heavy atom. The molecule has 7 nitrogen and oxygen atoms in total. The van der Waals surface area contributed by atoms with Crippen LogP contribution in [-0.4, -0.2) is 24.5 Å². The highest BCUT2D eigenvalue weighted by molar-refractivity contribution is 9.10. The normalized spacial score (nSPS) is 10.5. The Morgan fingerprint density at radius 3 is 2.81 bits per heavy atom. The summed E-state index contributed by atoms with van der Waals surface area (Å²) in [6.07, 6.45) is 4.99. The van der Waals surface area contributed by atoms with Crippen molar-refractivity contribution in [3.8, 4) is 5.95 Å². The van der Waals surface area contributed by atoms with E-state index in [0.29, 0.717) is 18.4 Å². The first kappa shape index (κ1) is 13.5. The van der Waals surface area contributed by atoms with Gasteiger partial charge in [0.1, 0.15) is 6.33 Å². The molecule has 0 aliphatic rings. The fraction of sp³-hybridized carbons (Fsp3) is 0.0769. The van der Waals surface area contributed by atoms with Crippen LogP contribution in [0, 0.1) is 0 Å². The second kappa shape index (κ2) is 5.88. The Balaban J connectivity index is 1.81. The van der Waals surface area contributed by atoms with E-state index in [1.165, 1.54) is 0 Å². The van der Waals surface area contributed by atoms with Crippen LogP contribution in [-0.2, 0) is 6.54 Å². The van der Waals surface area contributed by atoms with E-state index in [9.17, 15) is 0 Å². The molecule has 0 radical (unpaired) electrons. The van der Waals surface area contributed by atoms with Crippen LogP contribution in [0.2, 0.25) is 0 Å². The van der Waals surface area contributed by atoms with Crippen LogP contribution < -0.4 is 11.1 Å². The minimum Gasteiger partial charge on any atom is -0.368 e. The van der Waals surface area contributed by atoms with Gasteiger partial charge in [-0.3, -0.25) is 4.57 Å². The molecule has 0 spiro atoms. The van der Waals surface area contributed by atoms with Gasteiger partial charge in [0, 0.05) is 23.4 Å². The van der Waals surface area contributed by atoms with Gasteiger partial charge in [-0.2, -0.15) is 15.0 Å². The van der Waals surface area contributed by atoms with Gasteiger partial charge in [-0.05, 0) is 11.6 Å². The molecule has 0 aliphatic carbocycles. The summed E-state index contributed by atoms with van der Waals surface area (Å²) in [4.78, 5) is 16.4. The minimum absolute atomic E-state index is 0.156. The monoisotopic (exact) mass is 345 g/mol. The number of nitrogens with one attached hydrogen (secondary N) is 1. The van der Waals surface area contributed by atoms with Gasteiger partial charge >= 0.3 is 0 Å². The first-order valence-electron chi connectivity index (χ1n) is 6.19. The van der Waals surface area contributed by atoms with Gasteiger partial charge in [0.15, 0.2) is 0 Å². The fourth-order valence-electron chi connectivity index (χ4n) is 1.77. The topological polar surface area (TPSA) is 94.5 Å². The predicted molar refractivity (Wildman–Crippen MR) is 82.8 cm³/mol.